The Labute approximate surface area is 106 Å². The van der Waals surface area contributed by atoms with Crippen LogP contribution in [0.25, 0.3) is 11.0 Å². The predicted octanol–water partition coefficient (Wildman–Crippen LogP) is 3.92. The number of aromatic nitrogens is 2. The summed E-state index contributed by atoms with van der Waals surface area (Å²) in [5.41, 5.74) is 4.94. The van der Waals surface area contributed by atoms with E-state index >= 15 is 0 Å². The fourth-order valence-corrected chi connectivity index (χ4v) is 3.75. The third-order valence-electron chi connectivity index (χ3n) is 3.82. The molecule has 0 spiro atoms. The Bertz CT molecular complexity index is 526. The number of thioether (sulfide) groups is 1. The number of aromatic amines is 1. The molecular weight excluding hydrogens is 228 g/mol. The van der Waals surface area contributed by atoms with Gasteiger partial charge in [-0.15, -0.1) is 11.8 Å². The summed E-state index contributed by atoms with van der Waals surface area (Å²) in [6.07, 6.45) is 2.53. The molecular formula is C14H18N2S. The number of nitrogens with zero attached hydrogens (tertiary/aromatic N) is 1. The lowest BCUT2D eigenvalue weighted by molar-refractivity contribution is 0.614. The van der Waals surface area contributed by atoms with Crippen LogP contribution in [0.4, 0.5) is 0 Å². The van der Waals surface area contributed by atoms with E-state index in [9.17, 15) is 0 Å². The van der Waals surface area contributed by atoms with Crippen molar-refractivity contribution in [2.75, 3.05) is 5.75 Å². The molecule has 1 aliphatic heterocycles. The van der Waals surface area contributed by atoms with Crippen LogP contribution in [0.2, 0.25) is 0 Å². The quantitative estimate of drug-likeness (QED) is 0.826. The Morgan fingerprint density at radius 3 is 2.76 bits per heavy atom. The van der Waals surface area contributed by atoms with Crippen molar-refractivity contribution in [1.29, 1.82) is 0 Å². The zero-order valence-electron chi connectivity index (χ0n) is 10.6. The smallest absolute Gasteiger partial charge is 0.123 e. The average molecular weight is 246 g/mol. The van der Waals surface area contributed by atoms with E-state index in [0.29, 0.717) is 0 Å². The second kappa shape index (κ2) is 3.77. The van der Waals surface area contributed by atoms with Gasteiger partial charge in [0, 0.05) is 0 Å². The summed E-state index contributed by atoms with van der Waals surface area (Å²) < 4.78 is 0.195. The van der Waals surface area contributed by atoms with E-state index in [4.69, 9.17) is 4.98 Å². The van der Waals surface area contributed by atoms with Crippen LogP contribution in [0, 0.1) is 13.8 Å². The number of hydrogen-bond donors (Lipinski definition) is 1. The van der Waals surface area contributed by atoms with Crippen LogP contribution in [0.5, 0.6) is 0 Å². The van der Waals surface area contributed by atoms with Crippen molar-refractivity contribution < 1.29 is 0 Å². The molecule has 0 amide bonds. The largest absolute Gasteiger partial charge is 0.341 e. The average Bonchev–Trinajstić information content (AvgIpc) is 2.87. The molecule has 1 aliphatic rings. The topological polar surface area (TPSA) is 28.7 Å². The second-order valence-corrected chi connectivity index (χ2v) is 6.82. The maximum absolute atomic E-state index is 4.79. The van der Waals surface area contributed by atoms with Gasteiger partial charge in [0.25, 0.3) is 0 Å². The minimum absolute atomic E-state index is 0.195. The van der Waals surface area contributed by atoms with Crippen LogP contribution in [0.3, 0.4) is 0 Å². The SMILES string of the molecule is Cc1cc2nc(C3(C)CCCS3)[nH]c2cc1C. The Hall–Kier alpha value is -0.960. The highest BCUT2D eigenvalue weighted by atomic mass is 32.2. The highest BCUT2D eigenvalue weighted by Crippen LogP contribution is 2.45. The summed E-state index contributed by atoms with van der Waals surface area (Å²) >= 11 is 2.03. The summed E-state index contributed by atoms with van der Waals surface area (Å²) in [6, 6.07) is 4.40. The van der Waals surface area contributed by atoms with E-state index in [0.717, 1.165) is 11.3 Å². The minimum atomic E-state index is 0.195. The Morgan fingerprint density at radius 1 is 1.29 bits per heavy atom. The Kier molecular flexibility index (Phi) is 2.47. The van der Waals surface area contributed by atoms with Gasteiger partial charge < -0.3 is 4.98 Å². The highest BCUT2D eigenvalue weighted by molar-refractivity contribution is 8.00. The molecule has 1 saturated heterocycles. The summed E-state index contributed by atoms with van der Waals surface area (Å²) in [4.78, 5) is 8.31. The van der Waals surface area contributed by atoms with Crippen molar-refractivity contribution in [2.45, 2.75) is 38.4 Å². The van der Waals surface area contributed by atoms with Gasteiger partial charge in [-0.05, 0) is 62.6 Å². The molecule has 3 rings (SSSR count). The molecule has 2 aromatic rings. The lowest BCUT2D eigenvalue weighted by atomic mass is 10.1. The van der Waals surface area contributed by atoms with Gasteiger partial charge in [-0.25, -0.2) is 4.98 Å². The van der Waals surface area contributed by atoms with Gasteiger partial charge in [-0.1, -0.05) is 0 Å². The standard InChI is InChI=1S/C14H18N2S/c1-9-7-11-12(8-10(9)2)16-13(15-11)14(3)5-4-6-17-14/h7-8H,4-6H2,1-3H3,(H,15,16). The number of hydrogen-bond acceptors (Lipinski definition) is 2. The van der Waals surface area contributed by atoms with Gasteiger partial charge in [0.15, 0.2) is 0 Å². The fourth-order valence-electron chi connectivity index (χ4n) is 2.49. The minimum Gasteiger partial charge on any atom is -0.341 e. The van der Waals surface area contributed by atoms with E-state index in [-0.39, 0.29) is 4.75 Å². The maximum atomic E-state index is 4.79. The van der Waals surface area contributed by atoms with Crippen LogP contribution in [0.1, 0.15) is 36.7 Å². The molecule has 1 atom stereocenters. The van der Waals surface area contributed by atoms with Crippen molar-refractivity contribution in [2.24, 2.45) is 0 Å². The molecule has 1 N–H and O–H groups in total. The molecule has 90 valence electrons. The first kappa shape index (κ1) is 11.1. The normalized spacial score (nSPS) is 24.6. The molecule has 0 bridgehead atoms. The van der Waals surface area contributed by atoms with E-state index in [1.807, 2.05) is 11.8 Å². The van der Waals surface area contributed by atoms with Gasteiger partial charge in [0.2, 0.25) is 0 Å². The number of imidazole rings is 1. The monoisotopic (exact) mass is 246 g/mol. The molecule has 2 heterocycles. The van der Waals surface area contributed by atoms with Crippen molar-refractivity contribution >= 4 is 22.8 Å². The van der Waals surface area contributed by atoms with Crippen molar-refractivity contribution in [3.63, 3.8) is 0 Å². The lowest BCUT2D eigenvalue weighted by Gasteiger charge is -2.18. The molecule has 1 fully saturated rings. The number of rotatable bonds is 1. The second-order valence-electron chi connectivity index (χ2n) is 5.22. The predicted molar refractivity (Wildman–Crippen MR) is 74.6 cm³/mol. The van der Waals surface area contributed by atoms with E-state index in [1.54, 1.807) is 0 Å². The third-order valence-corrected chi connectivity index (χ3v) is 5.34. The number of fused-ring (bicyclic) bond motifs is 1. The van der Waals surface area contributed by atoms with Gasteiger partial charge in [0.05, 0.1) is 15.8 Å². The van der Waals surface area contributed by atoms with Crippen molar-refractivity contribution in [3.05, 3.63) is 29.1 Å². The van der Waals surface area contributed by atoms with E-state index in [1.165, 1.54) is 35.2 Å². The van der Waals surface area contributed by atoms with E-state index in [2.05, 4.69) is 37.9 Å². The molecule has 0 radical (unpaired) electrons. The van der Waals surface area contributed by atoms with Gasteiger partial charge in [0.1, 0.15) is 5.82 Å². The molecule has 1 aromatic carbocycles. The molecule has 3 heteroatoms. The van der Waals surface area contributed by atoms with Crippen LogP contribution in [0.15, 0.2) is 12.1 Å². The van der Waals surface area contributed by atoms with Gasteiger partial charge in [-0.2, -0.15) is 0 Å². The first-order chi connectivity index (χ1) is 8.08. The molecule has 0 aliphatic carbocycles. The first-order valence-corrected chi connectivity index (χ1v) is 7.18. The summed E-state index contributed by atoms with van der Waals surface area (Å²) in [5.74, 6) is 2.41. The van der Waals surface area contributed by atoms with Gasteiger partial charge in [-0.3, -0.25) is 0 Å². The maximum Gasteiger partial charge on any atom is 0.123 e. The summed E-state index contributed by atoms with van der Waals surface area (Å²) in [6.45, 7) is 6.61. The zero-order valence-corrected chi connectivity index (χ0v) is 11.4. The number of benzene rings is 1. The molecule has 0 saturated carbocycles. The number of nitrogens with one attached hydrogen (secondary N) is 1. The van der Waals surface area contributed by atoms with Crippen LogP contribution >= 0.6 is 11.8 Å². The number of H-pyrrole nitrogens is 1. The fraction of sp³-hybridized carbons (Fsp3) is 0.500. The molecule has 2 nitrogen and oxygen atoms in total. The summed E-state index contributed by atoms with van der Waals surface area (Å²) in [7, 11) is 0. The molecule has 17 heavy (non-hydrogen) atoms. The molecule has 1 unspecified atom stereocenters. The first-order valence-electron chi connectivity index (χ1n) is 6.20. The van der Waals surface area contributed by atoms with Crippen LogP contribution < -0.4 is 0 Å². The van der Waals surface area contributed by atoms with Gasteiger partial charge >= 0.3 is 0 Å². The van der Waals surface area contributed by atoms with Crippen LogP contribution in [-0.4, -0.2) is 15.7 Å². The summed E-state index contributed by atoms with van der Waals surface area (Å²) in [5, 5.41) is 0. The lowest BCUT2D eigenvalue weighted by Crippen LogP contribution is -2.14. The van der Waals surface area contributed by atoms with Crippen molar-refractivity contribution in [1.82, 2.24) is 9.97 Å². The Morgan fingerprint density at radius 2 is 2.06 bits per heavy atom. The van der Waals surface area contributed by atoms with Crippen LogP contribution in [-0.2, 0) is 4.75 Å². The van der Waals surface area contributed by atoms with Crippen molar-refractivity contribution in [3.8, 4) is 0 Å². The van der Waals surface area contributed by atoms with E-state index < -0.39 is 0 Å². The highest BCUT2D eigenvalue weighted by Gasteiger charge is 2.34. The molecule has 1 aromatic heterocycles. The number of aryl methyl sites for hydroxylation is 2. The third kappa shape index (κ3) is 1.77. The zero-order chi connectivity index (χ0) is 12.0. The Balaban J connectivity index is 2.13.